The third-order valence-electron chi connectivity index (χ3n) is 4.26. The molecule has 1 atom stereocenters. The van der Waals surface area contributed by atoms with Gasteiger partial charge in [-0.1, -0.05) is 24.3 Å². The van der Waals surface area contributed by atoms with Gasteiger partial charge in [0.2, 0.25) is 0 Å². The molecule has 0 fully saturated rings. The second kappa shape index (κ2) is 13.0. The van der Waals surface area contributed by atoms with Crippen molar-refractivity contribution >= 4 is 16.8 Å². The van der Waals surface area contributed by atoms with Gasteiger partial charge in [0.05, 0.1) is 13.7 Å². The van der Waals surface area contributed by atoms with Gasteiger partial charge in [-0.25, -0.2) is 4.99 Å². The highest BCUT2D eigenvalue weighted by molar-refractivity contribution is 7.84. The number of aliphatic imine (C=N–C) groups is 1. The fourth-order valence-electron chi connectivity index (χ4n) is 2.59. The predicted octanol–water partition coefficient (Wildman–Crippen LogP) is 3.09. The number of benzene rings is 2. The zero-order valence-corrected chi connectivity index (χ0v) is 18.3. The topological polar surface area (TPSA) is 71.9 Å². The summed E-state index contributed by atoms with van der Waals surface area (Å²) in [6, 6.07) is 15.7. The number of hydrogen-bond donors (Lipinski definition) is 2. The summed E-state index contributed by atoms with van der Waals surface area (Å²) in [4.78, 5) is 5.52. The molecule has 2 rings (SSSR count). The van der Waals surface area contributed by atoms with Gasteiger partial charge in [0.1, 0.15) is 5.75 Å². The van der Waals surface area contributed by atoms with E-state index < -0.39 is 10.8 Å². The number of rotatable bonds is 11. The monoisotopic (exact) mass is 417 g/mol. The van der Waals surface area contributed by atoms with Crippen LogP contribution in [0.25, 0.3) is 0 Å². The SMILES string of the molecule is CCOCCCNC(=NCc1ccc(OC)cc1)NCc1ccc(S(C)=O)cc1. The van der Waals surface area contributed by atoms with Crippen LogP contribution in [0.15, 0.2) is 58.4 Å². The van der Waals surface area contributed by atoms with E-state index in [2.05, 4.69) is 10.6 Å². The minimum atomic E-state index is -0.961. The molecule has 0 radical (unpaired) electrons. The second-order valence-corrected chi connectivity index (χ2v) is 7.82. The van der Waals surface area contributed by atoms with Crippen molar-refractivity contribution in [2.75, 3.05) is 33.1 Å². The molecular formula is C22H31N3O3S. The third-order valence-corrected chi connectivity index (χ3v) is 5.19. The van der Waals surface area contributed by atoms with E-state index in [1.807, 2.05) is 55.5 Å². The van der Waals surface area contributed by atoms with Gasteiger partial charge in [0.25, 0.3) is 0 Å². The molecule has 0 aliphatic rings. The predicted molar refractivity (Wildman–Crippen MR) is 119 cm³/mol. The lowest BCUT2D eigenvalue weighted by Gasteiger charge is -2.13. The first-order valence-corrected chi connectivity index (χ1v) is 11.3. The van der Waals surface area contributed by atoms with Crippen LogP contribution >= 0.6 is 0 Å². The molecule has 2 aromatic carbocycles. The standard InChI is InChI=1S/C22H31N3O3S/c1-4-28-15-5-14-23-22(24-16-18-6-10-20(27-2)11-7-18)25-17-19-8-12-21(13-9-19)29(3)26/h6-13H,4-5,14-17H2,1-3H3,(H2,23,24,25). The summed E-state index contributed by atoms with van der Waals surface area (Å²) in [5, 5.41) is 6.72. The normalized spacial score (nSPS) is 12.4. The maximum atomic E-state index is 11.5. The van der Waals surface area contributed by atoms with Crippen LogP contribution in [-0.4, -0.2) is 43.3 Å². The van der Waals surface area contributed by atoms with Crippen molar-refractivity contribution in [3.8, 4) is 5.75 Å². The van der Waals surface area contributed by atoms with Crippen molar-refractivity contribution < 1.29 is 13.7 Å². The molecule has 0 aromatic heterocycles. The Morgan fingerprint density at radius 1 is 1.03 bits per heavy atom. The van der Waals surface area contributed by atoms with E-state index in [0.717, 1.165) is 53.9 Å². The molecule has 0 saturated carbocycles. The van der Waals surface area contributed by atoms with E-state index >= 15 is 0 Å². The number of nitrogens with one attached hydrogen (secondary N) is 2. The third kappa shape index (κ3) is 8.66. The molecule has 7 heteroatoms. The Labute approximate surface area is 176 Å². The van der Waals surface area contributed by atoms with Crippen LogP contribution in [0.5, 0.6) is 5.75 Å². The van der Waals surface area contributed by atoms with Crippen molar-refractivity contribution in [1.29, 1.82) is 0 Å². The van der Waals surface area contributed by atoms with Crippen molar-refractivity contribution in [2.45, 2.75) is 31.3 Å². The van der Waals surface area contributed by atoms with E-state index in [4.69, 9.17) is 14.5 Å². The molecule has 0 aliphatic carbocycles. The first-order chi connectivity index (χ1) is 14.1. The van der Waals surface area contributed by atoms with E-state index in [9.17, 15) is 4.21 Å². The maximum Gasteiger partial charge on any atom is 0.191 e. The Morgan fingerprint density at radius 3 is 2.34 bits per heavy atom. The van der Waals surface area contributed by atoms with Crippen LogP contribution in [0, 0.1) is 0 Å². The average molecular weight is 418 g/mol. The highest BCUT2D eigenvalue weighted by atomic mass is 32.2. The Balaban J connectivity index is 1.95. The highest BCUT2D eigenvalue weighted by Crippen LogP contribution is 2.12. The number of methoxy groups -OCH3 is 1. The van der Waals surface area contributed by atoms with E-state index in [-0.39, 0.29) is 0 Å². The van der Waals surface area contributed by atoms with E-state index in [1.54, 1.807) is 13.4 Å². The fourth-order valence-corrected chi connectivity index (χ4v) is 3.11. The van der Waals surface area contributed by atoms with Crippen LogP contribution < -0.4 is 15.4 Å². The molecule has 2 N–H and O–H groups in total. The fraction of sp³-hybridized carbons (Fsp3) is 0.409. The second-order valence-electron chi connectivity index (χ2n) is 6.44. The zero-order chi connectivity index (χ0) is 20.9. The van der Waals surface area contributed by atoms with Crippen molar-refractivity contribution in [1.82, 2.24) is 10.6 Å². The van der Waals surface area contributed by atoms with Crippen LogP contribution in [0.4, 0.5) is 0 Å². The van der Waals surface area contributed by atoms with Crippen molar-refractivity contribution in [3.63, 3.8) is 0 Å². The van der Waals surface area contributed by atoms with Gasteiger partial charge >= 0.3 is 0 Å². The largest absolute Gasteiger partial charge is 0.497 e. The molecular weight excluding hydrogens is 386 g/mol. The van der Waals surface area contributed by atoms with E-state index in [0.29, 0.717) is 13.1 Å². The minimum absolute atomic E-state index is 0.568. The summed E-state index contributed by atoms with van der Waals surface area (Å²) in [7, 11) is 0.697. The molecule has 29 heavy (non-hydrogen) atoms. The van der Waals surface area contributed by atoms with Gasteiger partial charge in [0, 0.05) is 48.3 Å². The first kappa shape index (κ1) is 22.9. The average Bonchev–Trinajstić information content (AvgIpc) is 2.75. The quantitative estimate of drug-likeness (QED) is 0.334. The summed E-state index contributed by atoms with van der Waals surface area (Å²) in [5.74, 6) is 1.59. The molecule has 0 saturated heterocycles. The molecule has 0 amide bonds. The number of guanidine groups is 1. The van der Waals surface area contributed by atoms with Crippen LogP contribution in [0.2, 0.25) is 0 Å². The van der Waals surface area contributed by atoms with Gasteiger partial charge in [-0.15, -0.1) is 0 Å². The molecule has 1 unspecified atom stereocenters. The smallest absolute Gasteiger partial charge is 0.191 e. The first-order valence-electron chi connectivity index (χ1n) is 9.77. The molecule has 6 nitrogen and oxygen atoms in total. The van der Waals surface area contributed by atoms with E-state index in [1.165, 1.54) is 0 Å². The van der Waals surface area contributed by atoms with Crippen molar-refractivity contribution in [2.24, 2.45) is 4.99 Å². The van der Waals surface area contributed by atoms with Gasteiger partial charge in [-0.2, -0.15) is 0 Å². The summed E-state index contributed by atoms with van der Waals surface area (Å²) < 4.78 is 22.1. The van der Waals surface area contributed by atoms with Crippen LogP contribution in [-0.2, 0) is 28.6 Å². The minimum Gasteiger partial charge on any atom is -0.497 e. The lowest BCUT2D eigenvalue weighted by atomic mass is 10.2. The summed E-state index contributed by atoms with van der Waals surface area (Å²) in [5.41, 5.74) is 2.21. The van der Waals surface area contributed by atoms with Crippen molar-refractivity contribution in [3.05, 3.63) is 59.7 Å². The van der Waals surface area contributed by atoms with Gasteiger partial charge in [0.15, 0.2) is 5.96 Å². The molecule has 0 aliphatic heterocycles. The lowest BCUT2D eigenvalue weighted by molar-refractivity contribution is 0.145. The number of ether oxygens (including phenoxy) is 2. The van der Waals surface area contributed by atoms with Gasteiger partial charge in [-0.05, 0) is 48.7 Å². The highest BCUT2D eigenvalue weighted by Gasteiger charge is 2.02. The Bertz CT molecular complexity index is 777. The molecule has 158 valence electrons. The lowest BCUT2D eigenvalue weighted by Crippen LogP contribution is -2.37. The van der Waals surface area contributed by atoms with Crippen LogP contribution in [0.1, 0.15) is 24.5 Å². The Hall–Kier alpha value is -2.38. The molecule has 0 heterocycles. The van der Waals surface area contributed by atoms with Crippen LogP contribution in [0.3, 0.4) is 0 Å². The van der Waals surface area contributed by atoms with Gasteiger partial charge < -0.3 is 20.1 Å². The summed E-state index contributed by atoms with van der Waals surface area (Å²) in [6.07, 6.45) is 2.59. The molecule has 0 bridgehead atoms. The number of nitrogens with zero attached hydrogens (tertiary/aromatic N) is 1. The maximum absolute atomic E-state index is 11.5. The molecule has 0 spiro atoms. The number of hydrogen-bond acceptors (Lipinski definition) is 4. The summed E-state index contributed by atoms with van der Waals surface area (Å²) in [6.45, 7) is 5.44. The Morgan fingerprint density at radius 2 is 1.72 bits per heavy atom. The molecule has 2 aromatic rings. The van der Waals surface area contributed by atoms with Gasteiger partial charge in [-0.3, -0.25) is 4.21 Å². The Kier molecular flexibility index (Phi) is 10.2. The zero-order valence-electron chi connectivity index (χ0n) is 17.4. The summed E-state index contributed by atoms with van der Waals surface area (Å²) >= 11 is 0.